The summed E-state index contributed by atoms with van der Waals surface area (Å²) < 4.78 is 1.24. The minimum atomic E-state index is -0.210. The number of hydrogen-bond acceptors (Lipinski definition) is 3. The Balaban J connectivity index is 1.88. The molecule has 6 heteroatoms. The van der Waals surface area contributed by atoms with Gasteiger partial charge in [-0.2, -0.15) is 5.10 Å². The molecule has 0 atom stereocenters. The van der Waals surface area contributed by atoms with Gasteiger partial charge in [-0.15, -0.1) is 0 Å². The van der Waals surface area contributed by atoms with Crippen molar-refractivity contribution in [1.29, 1.82) is 0 Å². The van der Waals surface area contributed by atoms with Crippen molar-refractivity contribution < 1.29 is 9.69 Å². The van der Waals surface area contributed by atoms with Gasteiger partial charge in [-0.1, -0.05) is 24.6 Å². The summed E-state index contributed by atoms with van der Waals surface area (Å²) >= 11 is 0. The number of hydrogen-bond donors (Lipinski definition) is 2. The first kappa shape index (κ1) is 17.6. The van der Waals surface area contributed by atoms with Crippen LogP contribution in [0.25, 0.3) is 10.8 Å². The fourth-order valence-electron chi connectivity index (χ4n) is 3.88. The number of nitrogens with one attached hydrogen (secondary N) is 2. The monoisotopic (exact) mass is 343 g/mol. The lowest BCUT2D eigenvalue weighted by atomic mass is 9.80. The first-order chi connectivity index (χ1) is 11.9. The van der Waals surface area contributed by atoms with Crippen LogP contribution >= 0.6 is 0 Å². The molecule has 1 fully saturated rings. The second kappa shape index (κ2) is 6.96. The SMILES string of the molecule is Cn1nc(C(=O)NCC2([NH+](C)C)CCCCC2)c2ccccc2c1=O. The van der Waals surface area contributed by atoms with Crippen LogP contribution in [0.2, 0.25) is 0 Å². The molecule has 1 aromatic carbocycles. The van der Waals surface area contributed by atoms with Crippen molar-refractivity contribution in [1.82, 2.24) is 15.1 Å². The van der Waals surface area contributed by atoms with Gasteiger partial charge in [-0.3, -0.25) is 9.59 Å². The van der Waals surface area contributed by atoms with Gasteiger partial charge < -0.3 is 10.2 Å². The van der Waals surface area contributed by atoms with Crippen molar-refractivity contribution in [3.63, 3.8) is 0 Å². The summed E-state index contributed by atoms with van der Waals surface area (Å²) in [5.41, 5.74) is 0.218. The third-order valence-corrected chi connectivity index (χ3v) is 5.63. The van der Waals surface area contributed by atoms with Crippen molar-refractivity contribution >= 4 is 16.7 Å². The van der Waals surface area contributed by atoms with Crippen molar-refractivity contribution in [2.24, 2.45) is 7.05 Å². The highest BCUT2D eigenvalue weighted by molar-refractivity contribution is 6.04. The van der Waals surface area contributed by atoms with E-state index in [0.29, 0.717) is 23.0 Å². The number of carbonyl (C=O) groups is 1. The molecule has 1 amide bonds. The molecule has 3 rings (SSSR count). The zero-order valence-corrected chi connectivity index (χ0v) is 15.3. The average molecular weight is 343 g/mol. The van der Waals surface area contributed by atoms with Crippen LogP contribution in [0.1, 0.15) is 42.6 Å². The summed E-state index contributed by atoms with van der Waals surface area (Å²) in [4.78, 5) is 26.4. The molecule has 0 unspecified atom stereocenters. The van der Waals surface area contributed by atoms with E-state index in [-0.39, 0.29) is 17.0 Å². The zero-order valence-electron chi connectivity index (χ0n) is 15.3. The highest BCUT2D eigenvalue weighted by Gasteiger charge is 2.38. The van der Waals surface area contributed by atoms with Gasteiger partial charge >= 0.3 is 0 Å². The number of benzene rings is 1. The first-order valence-corrected chi connectivity index (χ1v) is 8.99. The van der Waals surface area contributed by atoms with Crippen molar-refractivity contribution in [3.8, 4) is 0 Å². The van der Waals surface area contributed by atoms with E-state index in [0.717, 1.165) is 12.8 Å². The van der Waals surface area contributed by atoms with Crippen LogP contribution in [0.3, 0.4) is 0 Å². The van der Waals surface area contributed by atoms with Crippen LogP contribution < -0.4 is 15.8 Å². The van der Waals surface area contributed by atoms with Gasteiger partial charge in [0.25, 0.3) is 11.5 Å². The summed E-state index contributed by atoms with van der Waals surface area (Å²) in [5.74, 6) is -0.210. The summed E-state index contributed by atoms with van der Waals surface area (Å²) in [5, 5.41) is 8.44. The van der Waals surface area contributed by atoms with Crippen LogP contribution in [0.4, 0.5) is 0 Å². The summed E-state index contributed by atoms with van der Waals surface area (Å²) in [6, 6.07) is 7.15. The molecule has 6 nitrogen and oxygen atoms in total. The molecule has 0 saturated heterocycles. The van der Waals surface area contributed by atoms with Gasteiger partial charge in [0.1, 0.15) is 5.54 Å². The lowest BCUT2D eigenvalue weighted by Gasteiger charge is -2.39. The van der Waals surface area contributed by atoms with E-state index in [1.54, 1.807) is 25.2 Å². The molecule has 134 valence electrons. The Morgan fingerprint density at radius 1 is 1.20 bits per heavy atom. The average Bonchev–Trinajstić information content (AvgIpc) is 2.63. The molecule has 1 aromatic heterocycles. The summed E-state index contributed by atoms with van der Waals surface area (Å²) in [6.07, 6.45) is 5.94. The highest BCUT2D eigenvalue weighted by Crippen LogP contribution is 2.25. The van der Waals surface area contributed by atoms with Crippen LogP contribution in [0.5, 0.6) is 0 Å². The minimum absolute atomic E-state index is 0.0877. The number of nitrogens with zero attached hydrogens (tertiary/aromatic N) is 2. The van der Waals surface area contributed by atoms with Gasteiger partial charge in [-0.25, -0.2) is 4.68 Å². The van der Waals surface area contributed by atoms with Crippen LogP contribution in [-0.4, -0.2) is 41.9 Å². The maximum absolute atomic E-state index is 12.8. The molecule has 1 aliphatic rings. The van der Waals surface area contributed by atoms with Gasteiger partial charge in [0.15, 0.2) is 5.69 Å². The molecule has 2 N–H and O–H groups in total. The van der Waals surface area contributed by atoms with Crippen LogP contribution in [-0.2, 0) is 7.05 Å². The molecule has 1 aliphatic carbocycles. The number of likely N-dealkylation sites (N-methyl/N-ethyl adjacent to an activating group) is 1. The molecular weight excluding hydrogens is 316 g/mol. The molecule has 0 radical (unpaired) electrons. The smallest absolute Gasteiger partial charge is 0.274 e. The number of fused-ring (bicyclic) bond motifs is 1. The maximum atomic E-state index is 12.8. The fourth-order valence-corrected chi connectivity index (χ4v) is 3.88. The van der Waals surface area contributed by atoms with Gasteiger partial charge in [-0.05, 0) is 18.9 Å². The van der Waals surface area contributed by atoms with E-state index in [1.165, 1.54) is 28.8 Å². The Kier molecular flexibility index (Phi) is 4.90. The Morgan fingerprint density at radius 2 is 1.84 bits per heavy atom. The Morgan fingerprint density at radius 3 is 2.48 bits per heavy atom. The highest BCUT2D eigenvalue weighted by atomic mass is 16.2. The van der Waals surface area contributed by atoms with E-state index >= 15 is 0 Å². The number of aromatic nitrogens is 2. The topological polar surface area (TPSA) is 68.4 Å². The maximum Gasteiger partial charge on any atom is 0.274 e. The Labute approximate surface area is 147 Å². The third-order valence-electron chi connectivity index (χ3n) is 5.63. The molecule has 25 heavy (non-hydrogen) atoms. The van der Waals surface area contributed by atoms with Crippen molar-refractivity contribution in [2.75, 3.05) is 20.6 Å². The van der Waals surface area contributed by atoms with E-state index < -0.39 is 0 Å². The lowest BCUT2D eigenvalue weighted by Crippen LogP contribution is -3.16. The molecule has 0 aliphatic heterocycles. The Hall–Kier alpha value is -2.21. The Bertz CT molecular complexity index is 835. The van der Waals surface area contributed by atoms with Gasteiger partial charge in [0, 0.05) is 25.3 Å². The quantitative estimate of drug-likeness (QED) is 0.850. The standard InChI is InChI=1S/C19H26N4O2/c1-22(2)19(11-7-4-8-12-19)13-20-17(24)16-14-9-5-6-10-15(14)18(25)23(3)21-16/h5-6,9-10H,4,7-8,11-13H2,1-3H3,(H,20,24)/p+1. The van der Waals surface area contributed by atoms with Gasteiger partial charge in [0.05, 0.1) is 26.0 Å². The van der Waals surface area contributed by atoms with E-state index in [9.17, 15) is 9.59 Å². The number of carbonyl (C=O) groups excluding carboxylic acids is 1. The second-order valence-corrected chi connectivity index (χ2v) is 7.35. The first-order valence-electron chi connectivity index (χ1n) is 8.99. The summed E-state index contributed by atoms with van der Waals surface area (Å²) in [6.45, 7) is 0.632. The normalized spacial score (nSPS) is 17.0. The molecule has 1 heterocycles. The van der Waals surface area contributed by atoms with Crippen molar-refractivity contribution in [2.45, 2.75) is 37.6 Å². The number of quaternary nitrogens is 1. The zero-order chi connectivity index (χ0) is 18.0. The van der Waals surface area contributed by atoms with Crippen molar-refractivity contribution in [3.05, 3.63) is 40.3 Å². The fraction of sp³-hybridized carbons (Fsp3) is 0.526. The van der Waals surface area contributed by atoms with E-state index in [4.69, 9.17) is 0 Å². The number of amides is 1. The number of rotatable bonds is 4. The van der Waals surface area contributed by atoms with E-state index in [1.807, 2.05) is 6.07 Å². The number of aryl methyl sites for hydroxylation is 1. The molecule has 2 aromatic rings. The predicted octanol–water partition coefficient (Wildman–Crippen LogP) is 0.511. The molecule has 0 spiro atoms. The van der Waals surface area contributed by atoms with Crippen LogP contribution in [0, 0.1) is 0 Å². The minimum Gasteiger partial charge on any atom is -0.344 e. The molecule has 1 saturated carbocycles. The molecular formula is C19H27N4O2+. The van der Waals surface area contributed by atoms with E-state index in [2.05, 4.69) is 24.5 Å². The predicted molar refractivity (Wildman–Crippen MR) is 97.9 cm³/mol. The third kappa shape index (κ3) is 3.31. The lowest BCUT2D eigenvalue weighted by molar-refractivity contribution is -0.916. The van der Waals surface area contributed by atoms with Crippen LogP contribution in [0.15, 0.2) is 29.1 Å². The largest absolute Gasteiger partial charge is 0.344 e. The second-order valence-electron chi connectivity index (χ2n) is 7.35. The van der Waals surface area contributed by atoms with Gasteiger partial charge in [0.2, 0.25) is 0 Å². The summed E-state index contributed by atoms with van der Waals surface area (Å²) in [7, 11) is 5.91. The molecule has 0 bridgehead atoms.